The van der Waals surface area contributed by atoms with Crippen LogP contribution >= 0.6 is 12.4 Å². The van der Waals surface area contributed by atoms with Crippen molar-refractivity contribution in [2.45, 2.75) is 18.6 Å². The Labute approximate surface area is 115 Å². The maximum Gasteiger partial charge on any atom is 0.241 e. The van der Waals surface area contributed by atoms with Crippen molar-refractivity contribution < 1.29 is 9.90 Å². The van der Waals surface area contributed by atoms with Crippen molar-refractivity contribution in [2.75, 3.05) is 11.9 Å². The Morgan fingerprint density at radius 2 is 2.16 bits per heavy atom. The number of halogens is 1. The van der Waals surface area contributed by atoms with E-state index in [1.54, 1.807) is 18.2 Å². The van der Waals surface area contributed by atoms with Crippen LogP contribution in [0.25, 0.3) is 11.0 Å². The fourth-order valence-corrected chi connectivity index (χ4v) is 2.06. The quantitative estimate of drug-likeness (QED) is 0.623. The number of anilines is 1. The van der Waals surface area contributed by atoms with Gasteiger partial charge >= 0.3 is 0 Å². The molecule has 2 atom stereocenters. The normalized spacial score (nSPS) is 22.2. The second-order valence-corrected chi connectivity index (χ2v) is 4.37. The first kappa shape index (κ1) is 13.7. The Balaban J connectivity index is 0.00000133. The summed E-state index contributed by atoms with van der Waals surface area (Å²) in [5.74, 6) is -0.144. The molecule has 19 heavy (non-hydrogen) atoms. The Hall–Kier alpha value is -1.70. The Bertz CT molecular complexity index is 587. The van der Waals surface area contributed by atoms with Gasteiger partial charge in [0.2, 0.25) is 5.91 Å². The molecule has 0 aliphatic carbocycles. The van der Waals surface area contributed by atoms with E-state index in [0.29, 0.717) is 24.2 Å². The van der Waals surface area contributed by atoms with Crippen LogP contribution in [0, 0.1) is 0 Å². The van der Waals surface area contributed by atoms with E-state index in [2.05, 4.69) is 26.0 Å². The molecular weight excluding hydrogens is 270 g/mol. The first-order valence-electron chi connectivity index (χ1n) is 5.75. The van der Waals surface area contributed by atoms with E-state index >= 15 is 0 Å². The van der Waals surface area contributed by atoms with Crippen LogP contribution in [0.3, 0.4) is 0 Å². The van der Waals surface area contributed by atoms with Crippen molar-refractivity contribution in [2.24, 2.45) is 0 Å². The monoisotopic (exact) mass is 283 g/mol. The zero-order valence-electron chi connectivity index (χ0n) is 9.96. The first-order valence-corrected chi connectivity index (χ1v) is 5.75. The number of carbonyl (C=O) groups is 1. The van der Waals surface area contributed by atoms with Gasteiger partial charge < -0.3 is 15.7 Å². The second-order valence-electron chi connectivity index (χ2n) is 4.37. The maximum absolute atomic E-state index is 11.9. The zero-order valence-corrected chi connectivity index (χ0v) is 10.8. The molecule has 1 fully saturated rings. The zero-order chi connectivity index (χ0) is 12.5. The molecule has 0 radical (unpaired) electrons. The summed E-state index contributed by atoms with van der Waals surface area (Å²) in [6.45, 7) is 0.459. The van der Waals surface area contributed by atoms with Crippen LogP contribution in [0.2, 0.25) is 0 Å². The van der Waals surface area contributed by atoms with Crippen molar-refractivity contribution in [1.82, 2.24) is 20.7 Å². The molecule has 3 rings (SSSR count). The Kier molecular flexibility index (Phi) is 3.98. The van der Waals surface area contributed by atoms with E-state index in [1.165, 1.54) is 0 Å². The first-order chi connectivity index (χ1) is 8.72. The smallest absolute Gasteiger partial charge is 0.241 e. The number of amides is 1. The number of nitrogens with zero attached hydrogens (tertiary/aromatic N) is 2. The highest BCUT2D eigenvalue weighted by molar-refractivity contribution is 5.96. The van der Waals surface area contributed by atoms with Crippen molar-refractivity contribution in [3.8, 4) is 0 Å². The lowest BCUT2D eigenvalue weighted by Gasteiger charge is -2.10. The highest BCUT2D eigenvalue weighted by Gasteiger charge is 2.27. The van der Waals surface area contributed by atoms with Gasteiger partial charge in [0, 0.05) is 12.2 Å². The van der Waals surface area contributed by atoms with E-state index < -0.39 is 6.10 Å². The molecule has 2 aromatic rings. The molecule has 0 bridgehead atoms. The topological polar surface area (TPSA) is 103 Å². The van der Waals surface area contributed by atoms with E-state index in [0.717, 1.165) is 5.52 Å². The number of aromatic nitrogens is 3. The van der Waals surface area contributed by atoms with Gasteiger partial charge in [-0.3, -0.25) is 4.79 Å². The van der Waals surface area contributed by atoms with Crippen molar-refractivity contribution in [1.29, 1.82) is 0 Å². The molecule has 1 aromatic carbocycles. The number of aliphatic hydroxyl groups is 1. The van der Waals surface area contributed by atoms with Crippen LogP contribution in [0.5, 0.6) is 0 Å². The number of fused-ring (bicyclic) bond motifs is 1. The molecule has 0 saturated carbocycles. The summed E-state index contributed by atoms with van der Waals surface area (Å²) in [5.41, 5.74) is 2.12. The van der Waals surface area contributed by atoms with Gasteiger partial charge in [0.25, 0.3) is 0 Å². The maximum atomic E-state index is 11.9. The molecule has 7 nitrogen and oxygen atoms in total. The Morgan fingerprint density at radius 1 is 1.37 bits per heavy atom. The molecule has 1 aliphatic rings. The molecular formula is C11H14ClN5O2. The third-order valence-corrected chi connectivity index (χ3v) is 3.01. The fraction of sp³-hybridized carbons (Fsp3) is 0.364. The van der Waals surface area contributed by atoms with Gasteiger partial charge in [-0.25, -0.2) is 0 Å². The van der Waals surface area contributed by atoms with Crippen LogP contribution in [0.1, 0.15) is 6.42 Å². The summed E-state index contributed by atoms with van der Waals surface area (Å²) in [7, 11) is 0. The number of hydrogen-bond donors (Lipinski definition) is 4. The number of aromatic amines is 1. The largest absolute Gasteiger partial charge is 0.392 e. The molecule has 2 heterocycles. The van der Waals surface area contributed by atoms with Crippen molar-refractivity contribution >= 4 is 35.0 Å². The third kappa shape index (κ3) is 2.83. The van der Waals surface area contributed by atoms with Crippen LogP contribution in [-0.4, -0.2) is 45.1 Å². The number of nitrogens with one attached hydrogen (secondary N) is 3. The van der Waals surface area contributed by atoms with E-state index in [4.69, 9.17) is 0 Å². The number of hydrogen-bond acceptors (Lipinski definition) is 5. The van der Waals surface area contributed by atoms with Crippen LogP contribution < -0.4 is 10.6 Å². The average Bonchev–Trinajstić information content (AvgIpc) is 2.96. The van der Waals surface area contributed by atoms with Gasteiger partial charge in [0.1, 0.15) is 11.0 Å². The molecule has 1 aliphatic heterocycles. The van der Waals surface area contributed by atoms with Crippen LogP contribution in [-0.2, 0) is 4.79 Å². The van der Waals surface area contributed by atoms with Gasteiger partial charge in [-0.1, -0.05) is 0 Å². The van der Waals surface area contributed by atoms with Crippen LogP contribution in [0.15, 0.2) is 18.2 Å². The molecule has 1 amide bonds. The SMILES string of the molecule is Cl.O=C(Nc1ccc2n[nH]nc2c1)C1CC(O)CN1. The van der Waals surface area contributed by atoms with Gasteiger partial charge in [0.15, 0.2) is 0 Å². The molecule has 1 aromatic heterocycles. The third-order valence-electron chi connectivity index (χ3n) is 3.01. The minimum atomic E-state index is -0.446. The van der Waals surface area contributed by atoms with Gasteiger partial charge in [-0.2, -0.15) is 15.4 Å². The lowest BCUT2D eigenvalue weighted by Crippen LogP contribution is -2.35. The number of carbonyl (C=O) groups excluding carboxylic acids is 1. The lowest BCUT2D eigenvalue weighted by atomic mass is 10.2. The second kappa shape index (κ2) is 5.52. The molecule has 8 heteroatoms. The number of β-amino-alcohol motifs (C(OH)–C–C–N with tert-alkyl or cyclic N) is 1. The van der Waals surface area contributed by atoms with Crippen molar-refractivity contribution in [3.05, 3.63) is 18.2 Å². The van der Waals surface area contributed by atoms with Gasteiger partial charge in [-0.05, 0) is 24.6 Å². The molecule has 4 N–H and O–H groups in total. The molecule has 1 saturated heterocycles. The fourth-order valence-electron chi connectivity index (χ4n) is 2.06. The highest BCUT2D eigenvalue weighted by Crippen LogP contribution is 2.16. The van der Waals surface area contributed by atoms with E-state index in [9.17, 15) is 9.90 Å². The van der Waals surface area contributed by atoms with E-state index in [-0.39, 0.29) is 24.4 Å². The highest BCUT2D eigenvalue weighted by atomic mass is 35.5. The van der Waals surface area contributed by atoms with Gasteiger partial charge in [0.05, 0.1) is 12.1 Å². The van der Waals surface area contributed by atoms with Gasteiger partial charge in [-0.15, -0.1) is 12.4 Å². The summed E-state index contributed by atoms with van der Waals surface area (Å²) < 4.78 is 0. The standard InChI is InChI=1S/C11H13N5O2.ClH/c17-7-4-10(12-5-7)11(18)13-6-1-2-8-9(3-6)15-16-14-8;/h1-3,7,10,12,17H,4-5H2,(H,13,18)(H,14,15,16);1H. The van der Waals surface area contributed by atoms with Crippen molar-refractivity contribution in [3.63, 3.8) is 0 Å². The summed E-state index contributed by atoms with van der Waals surface area (Å²) >= 11 is 0. The average molecular weight is 284 g/mol. The molecule has 2 unspecified atom stereocenters. The number of aliphatic hydroxyl groups excluding tert-OH is 1. The minimum absolute atomic E-state index is 0. The predicted octanol–water partition coefficient (Wildman–Crippen LogP) is 0.0410. The molecule has 0 spiro atoms. The van der Waals surface area contributed by atoms with E-state index in [1.807, 2.05) is 0 Å². The molecule has 102 valence electrons. The summed E-state index contributed by atoms with van der Waals surface area (Å²) in [6.07, 6.45) is -0.00308. The minimum Gasteiger partial charge on any atom is -0.392 e. The summed E-state index contributed by atoms with van der Waals surface area (Å²) in [4.78, 5) is 11.9. The predicted molar refractivity (Wildman–Crippen MR) is 72.2 cm³/mol. The Morgan fingerprint density at radius 3 is 2.89 bits per heavy atom. The number of rotatable bonds is 2. The number of H-pyrrole nitrogens is 1. The summed E-state index contributed by atoms with van der Waals surface area (Å²) in [5, 5.41) is 25.5. The lowest BCUT2D eigenvalue weighted by molar-refractivity contribution is -0.117. The summed E-state index contributed by atoms with van der Waals surface area (Å²) in [6, 6.07) is 4.97. The van der Waals surface area contributed by atoms with Crippen LogP contribution in [0.4, 0.5) is 5.69 Å². The number of benzene rings is 1.